The Hall–Kier alpha value is -3.70. The molecule has 0 heterocycles. The smallest absolute Gasteiger partial charge is 0.341 e. The summed E-state index contributed by atoms with van der Waals surface area (Å²) >= 11 is 6.16. The molecule has 156 valence electrons. The van der Waals surface area contributed by atoms with E-state index >= 15 is 0 Å². The van der Waals surface area contributed by atoms with Gasteiger partial charge in [0.05, 0.1) is 18.7 Å². The van der Waals surface area contributed by atoms with E-state index in [0.717, 1.165) is 0 Å². The standard InChI is InChI=1S/C21H19ClN2O6/c1-3-29-16-6-4-5-15(10-16)24-21(27)14(11-23)7-13-8-17(22)20(18(9-13)28-2)30-12-19(25)26/h4-10H,3,12H2,1-2H3,(H,24,27)(H,25,26)/b14-7+. The summed E-state index contributed by atoms with van der Waals surface area (Å²) in [5, 5.41) is 20.9. The number of carbonyl (C=O) groups is 2. The average molecular weight is 431 g/mol. The number of aliphatic carboxylic acids is 1. The Morgan fingerprint density at radius 2 is 2.03 bits per heavy atom. The molecule has 0 saturated heterocycles. The van der Waals surface area contributed by atoms with E-state index in [1.807, 2.05) is 13.0 Å². The number of hydrogen-bond acceptors (Lipinski definition) is 6. The van der Waals surface area contributed by atoms with Crippen LogP contribution in [-0.2, 0) is 9.59 Å². The minimum atomic E-state index is -1.17. The van der Waals surface area contributed by atoms with Gasteiger partial charge in [-0.05, 0) is 42.8 Å². The number of benzene rings is 2. The molecule has 2 N–H and O–H groups in total. The Balaban J connectivity index is 2.27. The zero-order chi connectivity index (χ0) is 22.1. The second-order valence-corrected chi connectivity index (χ2v) is 6.21. The minimum absolute atomic E-state index is 0.0504. The number of carbonyl (C=O) groups excluding carboxylic acids is 1. The van der Waals surface area contributed by atoms with E-state index in [1.54, 1.807) is 24.3 Å². The number of nitrogens with zero attached hydrogens (tertiary/aromatic N) is 1. The van der Waals surface area contributed by atoms with Crippen LogP contribution in [0.25, 0.3) is 6.08 Å². The highest BCUT2D eigenvalue weighted by molar-refractivity contribution is 6.32. The molecular formula is C21H19ClN2O6. The number of nitriles is 1. The molecule has 0 radical (unpaired) electrons. The van der Waals surface area contributed by atoms with Crippen LogP contribution in [0.3, 0.4) is 0 Å². The Labute approximate surface area is 178 Å². The van der Waals surface area contributed by atoms with Crippen molar-refractivity contribution in [2.24, 2.45) is 0 Å². The molecule has 1 amide bonds. The molecule has 30 heavy (non-hydrogen) atoms. The number of carboxylic acids is 1. The van der Waals surface area contributed by atoms with Gasteiger partial charge in [-0.3, -0.25) is 4.79 Å². The summed E-state index contributed by atoms with van der Waals surface area (Å²) in [5.74, 6) is -0.987. The van der Waals surface area contributed by atoms with Crippen molar-refractivity contribution in [3.8, 4) is 23.3 Å². The molecule has 0 unspecified atom stereocenters. The maximum absolute atomic E-state index is 12.5. The number of nitrogens with one attached hydrogen (secondary N) is 1. The van der Waals surface area contributed by atoms with Crippen LogP contribution in [0.2, 0.25) is 5.02 Å². The SMILES string of the molecule is CCOc1cccc(NC(=O)/C(C#N)=C/c2cc(Cl)c(OCC(=O)O)c(OC)c2)c1. The third-order valence-corrected chi connectivity index (χ3v) is 3.95. The summed E-state index contributed by atoms with van der Waals surface area (Å²) in [6, 6.07) is 11.5. The van der Waals surface area contributed by atoms with Gasteiger partial charge in [0, 0.05) is 11.8 Å². The van der Waals surface area contributed by atoms with Crippen molar-refractivity contribution < 1.29 is 28.9 Å². The Morgan fingerprint density at radius 1 is 1.27 bits per heavy atom. The Bertz CT molecular complexity index is 1010. The summed E-state index contributed by atoms with van der Waals surface area (Å²) in [4.78, 5) is 23.2. The topological polar surface area (TPSA) is 118 Å². The number of carboxylic acid groups (broad SMARTS) is 1. The number of rotatable bonds is 9. The number of anilines is 1. The maximum Gasteiger partial charge on any atom is 0.341 e. The maximum atomic E-state index is 12.5. The lowest BCUT2D eigenvalue weighted by Crippen LogP contribution is -2.13. The third-order valence-electron chi connectivity index (χ3n) is 3.67. The molecule has 0 aromatic heterocycles. The molecule has 2 aromatic carbocycles. The number of hydrogen-bond donors (Lipinski definition) is 2. The molecule has 0 saturated carbocycles. The second kappa shape index (κ2) is 10.7. The van der Waals surface area contributed by atoms with E-state index in [-0.39, 0.29) is 22.1 Å². The fraction of sp³-hybridized carbons (Fsp3) is 0.190. The quantitative estimate of drug-likeness (QED) is 0.459. The first kappa shape index (κ1) is 22.6. The van der Waals surface area contributed by atoms with Gasteiger partial charge in [0.1, 0.15) is 17.4 Å². The molecule has 8 nitrogen and oxygen atoms in total. The fourth-order valence-corrected chi connectivity index (χ4v) is 2.71. The van der Waals surface area contributed by atoms with E-state index in [1.165, 1.54) is 25.3 Å². The van der Waals surface area contributed by atoms with Crippen molar-refractivity contribution in [3.05, 3.63) is 52.6 Å². The normalized spacial score (nSPS) is 10.7. The molecule has 0 spiro atoms. The largest absolute Gasteiger partial charge is 0.494 e. The highest BCUT2D eigenvalue weighted by atomic mass is 35.5. The molecule has 0 aliphatic rings. The average Bonchev–Trinajstić information content (AvgIpc) is 2.71. The molecule has 0 fully saturated rings. The predicted octanol–water partition coefficient (Wildman–Crippen LogP) is 3.76. The van der Waals surface area contributed by atoms with Crippen molar-refractivity contribution >= 4 is 35.2 Å². The van der Waals surface area contributed by atoms with Crippen molar-refractivity contribution in [2.75, 3.05) is 25.6 Å². The van der Waals surface area contributed by atoms with Crippen LogP contribution in [0.15, 0.2) is 42.0 Å². The molecule has 0 atom stereocenters. The van der Waals surface area contributed by atoms with Crippen molar-refractivity contribution in [3.63, 3.8) is 0 Å². The van der Waals surface area contributed by atoms with Gasteiger partial charge in [-0.1, -0.05) is 17.7 Å². The van der Waals surface area contributed by atoms with E-state index in [2.05, 4.69) is 5.32 Å². The van der Waals surface area contributed by atoms with Crippen LogP contribution in [0.5, 0.6) is 17.2 Å². The van der Waals surface area contributed by atoms with Gasteiger partial charge in [-0.15, -0.1) is 0 Å². The summed E-state index contributed by atoms with van der Waals surface area (Å²) in [7, 11) is 1.36. The highest BCUT2D eigenvalue weighted by Gasteiger charge is 2.15. The lowest BCUT2D eigenvalue weighted by Gasteiger charge is -2.12. The molecular weight excluding hydrogens is 412 g/mol. The van der Waals surface area contributed by atoms with E-state index in [9.17, 15) is 14.9 Å². The fourth-order valence-electron chi connectivity index (χ4n) is 2.44. The Morgan fingerprint density at radius 3 is 2.67 bits per heavy atom. The highest BCUT2D eigenvalue weighted by Crippen LogP contribution is 2.37. The molecule has 0 aliphatic carbocycles. The first-order chi connectivity index (χ1) is 14.4. The first-order valence-electron chi connectivity index (χ1n) is 8.76. The van der Waals surface area contributed by atoms with Crippen LogP contribution in [-0.4, -0.2) is 37.3 Å². The lowest BCUT2D eigenvalue weighted by atomic mass is 10.1. The zero-order valence-corrected chi connectivity index (χ0v) is 17.0. The van der Waals surface area contributed by atoms with Gasteiger partial charge in [-0.25, -0.2) is 4.79 Å². The monoisotopic (exact) mass is 430 g/mol. The second-order valence-electron chi connectivity index (χ2n) is 5.80. The van der Waals surface area contributed by atoms with Crippen molar-refractivity contribution in [2.45, 2.75) is 6.92 Å². The van der Waals surface area contributed by atoms with Crippen molar-refractivity contribution in [1.29, 1.82) is 5.26 Å². The van der Waals surface area contributed by atoms with Crippen molar-refractivity contribution in [1.82, 2.24) is 0 Å². The van der Waals surface area contributed by atoms with Crippen LogP contribution >= 0.6 is 11.6 Å². The lowest BCUT2D eigenvalue weighted by molar-refractivity contribution is -0.139. The summed E-state index contributed by atoms with van der Waals surface area (Å²) in [6.45, 7) is 1.73. The third kappa shape index (κ3) is 6.15. The first-order valence-corrected chi connectivity index (χ1v) is 9.13. The van der Waals surface area contributed by atoms with E-state index in [0.29, 0.717) is 23.6 Å². The van der Waals surface area contributed by atoms with Crippen LogP contribution in [0.1, 0.15) is 12.5 Å². The molecule has 2 rings (SSSR count). The van der Waals surface area contributed by atoms with E-state index in [4.69, 9.17) is 30.9 Å². The Kier molecular flexibility index (Phi) is 8.08. The molecule has 9 heteroatoms. The number of methoxy groups -OCH3 is 1. The number of amides is 1. The molecule has 0 bridgehead atoms. The number of ether oxygens (including phenoxy) is 3. The van der Waals surface area contributed by atoms with Gasteiger partial charge >= 0.3 is 5.97 Å². The van der Waals surface area contributed by atoms with Gasteiger partial charge in [-0.2, -0.15) is 5.26 Å². The van der Waals surface area contributed by atoms with Gasteiger partial charge < -0.3 is 24.6 Å². The van der Waals surface area contributed by atoms with Crippen LogP contribution in [0.4, 0.5) is 5.69 Å². The van der Waals surface area contributed by atoms with E-state index < -0.39 is 18.5 Å². The number of halogens is 1. The minimum Gasteiger partial charge on any atom is -0.494 e. The zero-order valence-electron chi connectivity index (χ0n) is 16.3. The summed E-state index contributed by atoms with van der Waals surface area (Å²) in [5.41, 5.74) is 0.698. The predicted molar refractivity (Wildman–Crippen MR) is 111 cm³/mol. The molecule has 2 aromatic rings. The van der Waals surface area contributed by atoms with Gasteiger partial charge in [0.25, 0.3) is 5.91 Å². The molecule has 0 aliphatic heterocycles. The summed E-state index contributed by atoms with van der Waals surface area (Å²) < 4.78 is 15.7. The summed E-state index contributed by atoms with van der Waals surface area (Å²) in [6.07, 6.45) is 1.33. The van der Waals surface area contributed by atoms with Crippen LogP contribution in [0, 0.1) is 11.3 Å². The van der Waals surface area contributed by atoms with Crippen LogP contribution < -0.4 is 19.5 Å². The van der Waals surface area contributed by atoms with Gasteiger partial charge in [0.2, 0.25) is 0 Å². The van der Waals surface area contributed by atoms with Gasteiger partial charge in [0.15, 0.2) is 18.1 Å².